The Kier molecular flexibility index (Phi) is 6.84. The van der Waals surface area contributed by atoms with E-state index >= 15 is 0 Å². The molecule has 0 saturated heterocycles. The number of nitrogens with one attached hydrogen (secondary N) is 2. The normalized spacial score (nSPS) is 11.4. The Hall–Kier alpha value is -2.82. The number of alkyl halides is 2. The van der Waals surface area contributed by atoms with Gasteiger partial charge in [-0.05, 0) is 36.8 Å². The van der Waals surface area contributed by atoms with Gasteiger partial charge in [0, 0.05) is 11.6 Å². The van der Waals surface area contributed by atoms with E-state index in [1.165, 1.54) is 12.1 Å². The average molecular weight is 420 g/mol. The zero-order chi connectivity index (χ0) is 20.9. The molecule has 2 rings (SSSR count). The van der Waals surface area contributed by atoms with Crippen molar-refractivity contribution in [3.05, 3.63) is 53.6 Å². The van der Waals surface area contributed by atoms with E-state index in [0.717, 1.165) is 18.2 Å². The maximum atomic E-state index is 14.0. The quantitative estimate of drug-likeness (QED) is 0.633. The van der Waals surface area contributed by atoms with Crippen molar-refractivity contribution in [1.82, 2.24) is 0 Å². The van der Waals surface area contributed by atoms with Crippen molar-refractivity contribution >= 4 is 27.3 Å². The fourth-order valence-electron chi connectivity index (χ4n) is 2.19. The van der Waals surface area contributed by atoms with Crippen molar-refractivity contribution in [2.45, 2.75) is 20.0 Å². The maximum absolute atomic E-state index is 14.0. The molecule has 28 heavy (non-hydrogen) atoms. The molecular weight excluding hydrogens is 404 g/mol. The second kappa shape index (κ2) is 8.91. The highest BCUT2D eigenvalue weighted by atomic mass is 32.2. The number of halogens is 4. The Morgan fingerprint density at radius 2 is 1.68 bits per heavy atom. The molecule has 0 aliphatic heterocycles. The average Bonchev–Trinajstić information content (AvgIpc) is 2.59. The van der Waals surface area contributed by atoms with Gasteiger partial charge in [0.2, 0.25) is 10.0 Å². The highest BCUT2D eigenvalue weighted by Crippen LogP contribution is 2.25. The standard InChI is InChI=1S/C17H16F4N2O4S/c1-2-7-28(25,26)23-15-9-14(12(18)8-13(15)19)22-16(24)10-3-5-11(6-4-10)27-17(20)21/h3-6,8-9,17,23H,2,7H2,1H3,(H,22,24). The van der Waals surface area contributed by atoms with Crippen molar-refractivity contribution < 1.29 is 35.5 Å². The topological polar surface area (TPSA) is 84.5 Å². The molecule has 0 radical (unpaired) electrons. The van der Waals surface area contributed by atoms with Crippen LogP contribution in [0.1, 0.15) is 23.7 Å². The summed E-state index contributed by atoms with van der Waals surface area (Å²) in [5.74, 6) is -3.53. The van der Waals surface area contributed by atoms with Crippen LogP contribution in [0, 0.1) is 11.6 Å². The van der Waals surface area contributed by atoms with Crippen LogP contribution in [0.3, 0.4) is 0 Å². The Morgan fingerprint density at radius 3 is 2.25 bits per heavy atom. The highest BCUT2D eigenvalue weighted by Gasteiger charge is 2.17. The zero-order valence-corrected chi connectivity index (χ0v) is 15.3. The Balaban J connectivity index is 2.21. The minimum absolute atomic E-state index is 0.0153. The van der Waals surface area contributed by atoms with Crippen molar-refractivity contribution in [3.63, 3.8) is 0 Å². The SMILES string of the molecule is CCCS(=O)(=O)Nc1cc(NC(=O)c2ccc(OC(F)F)cc2)c(F)cc1F. The van der Waals surface area contributed by atoms with Crippen LogP contribution in [0.2, 0.25) is 0 Å². The van der Waals surface area contributed by atoms with Crippen LogP contribution < -0.4 is 14.8 Å². The van der Waals surface area contributed by atoms with Gasteiger partial charge in [0.25, 0.3) is 5.91 Å². The summed E-state index contributed by atoms with van der Waals surface area (Å²) in [6, 6.07) is 5.81. The smallest absolute Gasteiger partial charge is 0.387 e. The second-order valence-corrected chi connectivity index (χ2v) is 7.43. The molecule has 0 fully saturated rings. The molecule has 0 aromatic heterocycles. The van der Waals surface area contributed by atoms with Crippen LogP contribution in [0.4, 0.5) is 28.9 Å². The van der Waals surface area contributed by atoms with Crippen LogP contribution in [-0.4, -0.2) is 26.7 Å². The fraction of sp³-hybridized carbons (Fsp3) is 0.235. The number of anilines is 2. The molecule has 1 amide bonds. The molecule has 0 atom stereocenters. The van der Waals surface area contributed by atoms with Crippen LogP contribution in [0.15, 0.2) is 36.4 Å². The summed E-state index contributed by atoms with van der Waals surface area (Å²) in [5.41, 5.74) is -1.00. The molecule has 11 heteroatoms. The Bertz CT molecular complexity index is 950. The zero-order valence-electron chi connectivity index (χ0n) is 14.5. The van der Waals surface area contributed by atoms with Gasteiger partial charge in [-0.25, -0.2) is 17.2 Å². The van der Waals surface area contributed by atoms with Crippen molar-refractivity contribution in [2.75, 3.05) is 15.8 Å². The molecule has 0 aliphatic carbocycles. The molecule has 152 valence electrons. The lowest BCUT2D eigenvalue weighted by molar-refractivity contribution is -0.0498. The number of rotatable bonds is 8. The summed E-state index contributed by atoms with van der Waals surface area (Å²) in [4.78, 5) is 12.2. The van der Waals surface area contributed by atoms with E-state index in [2.05, 4.69) is 10.1 Å². The molecule has 0 bridgehead atoms. The molecule has 0 aliphatic rings. The van der Waals surface area contributed by atoms with Crippen molar-refractivity contribution in [1.29, 1.82) is 0 Å². The van der Waals surface area contributed by atoms with Crippen LogP contribution in [0.5, 0.6) is 5.75 Å². The second-order valence-electron chi connectivity index (χ2n) is 5.59. The molecular formula is C17H16F4N2O4S. The molecule has 0 unspecified atom stereocenters. The molecule has 6 nitrogen and oxygen atoms in total. The van der Waals surface area contributed by atoms with Gasteiger partial charge in [-0.2, -0.15) is 8.78 Å². The summed E-state index contributed by atoms with van der Waals surface area (Å²) in [6.45, 7) is -1.41. The Morgan fingerprint density at radius 1 is 1.07 bits per heavy atom. The molecule has 0 saturated carbocycles. The molecule has 2 aromatic carbocycles. The van der Waals surface area contributed by atoms with Crippen LogP contribution in [-0.2, 0) is 10.0 Å². The molecule has 0 heterocycles. The van der Waals surface area contributed by atoms with Gasteiger partial charge in [-0.1, -0.05) is 6.92 Å². The number of benzene rings is 2. The van der Waals surface area contributed by atoms with E-state index in [0.29, 0.717) is 6.07 Å². The third-order valence-electron chi connectivity index (χ3n) is 3.38. The number of carbonyl (C=O) groups excluding carboxylic acids is 1. The number of hydrogen-bond acceptors (Lipinski definition) is 4. The van der Waals surface area contributed by atoms with Gasteiger partial charge in [-0.15, -0.1) is 0 Å². The monoisotopic (exact) mass is 420 g/mol. The van der Waals surface area contributed by atoms with E-state index in [4.69, 9.17) is 0 Å². The third-order valence-corrected chi connectivity index (χ3v) is 4.86. The lowest BCUT2D eigenvalue weighted by Gasteiger charge is -2.12. The van der Waals surface area contributed by atoms with Crippen molar-refractivity contribution in [2.24, 2.45) is 0 Å². The predicted molar refractivity (Wildman–Crippen MR) is 95.1 cm³/mol. The summed E-state index contributed by atoms with van der Waals surface area (Å²) >= 11 is 0. The van der Waals surface area contributed by atoms with Gasteiger partial charge < -0.3 is 10.1 Å². The number of amides is 1. The Labute approximate surface area is 158 Å². The van der Waals surface area contributed by atoms with E-state index in [-0.39, 0.29) is 23.5 Å². The van der Waals surface area contributed by atoms with E-state index < -0.39 is 45.6 Å². The summed E-state index contributed by atoms with van der Waals surface area (Å²) in [6.07, 6.45) is 0.285. The number of hydrogen-bond donors (Lipinski definition) is 2. The summed E-state index contributed by atoms with van der Waals surface area (Å²) in [5, 5.41) is 2.17. The molecule has 2 N–H and O–H groups in total. The first kappa shape index (κ1) is 21.5. The largest absolute Gasteiger partial charge is 0.435 e. The van der Waals surface area contributed by atoms with Gasteiger partial charge in [0.1, 0.15) is 17.4 Å². The van der Waals surface area contributed by atoms with E-state index in [1.54, 1.807) is 6.92 Å². The third kappa shape index (κ3) is 5.84. The molecule has 2 aromatic rings. The van der Waals surface area contributed by atoms with E-state index in [9.17, 15) is 30.8 Å². The number of sulfonamides is 1. The van der Waals surface area contributed by atoms with Crippen LogP contribution in [0.25, 0.3) is 0 Å². The highest BCUT2D eigenvalue weighted by molar-refractivity contribution is 7.92. The van der Waals surface area contributed by atoms with Gasteiger partial charge in [0.15, 0.2) is 0 Å². The van der Waals surface area contributed by atoms with E-state index in [1.807, 2.05) is 4.72 Å². The maximum Gasteiger partial charge on any atom is 0.387 e. The summed E-state index contributed by atoms with van der Waals surface area (Å²) < 4.78 is 81.8. The van der Waals surface area contributed by atoms with Crippen molar-refractivity contribution in [3.8, 4) is 5.75 Å². The van der Waals surface area contributed by atoms with Gasteiger partial charge >= 0.3 is 6.61 Å². The predicted octanol–water partition coefficient (Wildman–Crippen LogP) is 3.97. The summed E-state index contributed by atoms with van der Waals surface area (Å²) in [7, 11) is -3.83. The number of ether oxygens (including phenoxy) is 1. The minimum atomic E-state index is -3.83. The minimum Gasteiger partial charge on any atom is -0.435 e. The lowest BCUT2D eigenvalue weighted by atomic mass is 10.2. The first-order chi connectivity index (χ1) is 13.1. The molecule has 0 spiro atoms. The fourth-order valence-corrected chi connectivity index (χ4v) is 3.32. The van der Waals surface area contributed by atoms with Gasteiger partial charge in [-0.3, -0.25) is 9.52 Å². The first-order valence-corrected chi connectivity index (χ1v) is 9.62. The van der Waals surface area contributed by atoms with Crippen LogP contribution >= 0.6 is 0 Å². The van der Waals surface area contributed by atoms with Gasteiger partial charge in [0.05, 0.1) is 17.1 Å². The first-order valence-electron chi connectivity index (χ1n) is 7.97. The lowest BCUT2D eigenvalue weighted by Crippen LogP contribution is -2.18. The number of carbonyl (C=O) groups is 1.